The van der Waals surface area contributed by atoms with Gasteiger partial charge >= 0.3 is 0 Å². The van der Waals surface area contributed by atoms with E-state index in [0.29, 0.717) is 10.8 Å². The average molecular weight is 256 g/mol. The molecule has 1 nitrogen and oxygen atoms in total. The summed E-state index contributed by atoms with van der Waals surface area (Å²) in [5.74, 6) is 0. The zero-order chi connectivity index (χ0) is 14.4. The largest absolute Gasteiger partial charge is 0.375 e. The van der Waals surface area contributed by atoms with Crippen LogP contribution in [0.4, 0.5) is 0 Å². The Labute approximate surface area is 116 Å². The Kier molecular flexibility index (Phi) is 6.92. The van der Waals surface area contributed by atoms with Gasteiger partial charge in [-0.2, -0.15) is 0 Å². The van der Waals surface area contributed by atoms with Crippen molar-refractivity contribution in [2.24, 2.45) is 10.8 Å². The summed E-state index contributed by atoms with van der Waals surface area (Å²) in [6.07, 6.45) is 6.38. The van der Waals surface area contributed by atoms with Crippen LogP contribution in [0, 0.1) is 10.8 Å². The second kappa shape index (κ2) is 6.93. The lowest BCUT2D eigenvalue weighted by Crippen LogP contribution is -2.31. The fraction of sp³-hybridized carbons (Fsp3) is 1.00. The van der Waals surface area contributed by atoms with Crippen molar-refractivity contribution in [2.75, 3.05) is 6.61 Å². The van der Waals surface area contributed by atoms with E-state index < -0.39 is 0 Å². The van der Waals surface area contributed by atoms with Crippen molar-refractivity contribution in [1.29, 1.82) is 0 Å². The maximum absolute atomic E-state index is 6.06. The highest BCUT2D eigenvalue weighted by Crippen LogP contribution is 2.36. The van der Waals surface area contributed by atoms with Crippen LogP contribution in [0.3, 0.4) is 0 Å². The third-order valence-electron chi connectivity index (χ3n) is 3.95. The third-order valence-corrected chi connectivity index (χ3v) is 3.95. The van der Waals surface area contributed by atoms with Crippen molar-refractivity contribution in [2.45, 2.75) is 93.1 Å². The minimum absolute atomic E-state index is 0.0143. The summed E-state index contributed by atoms with van der Waals surface area (Å²) in [5, 5.41) is 0. The van der Waals surface area contributed by atoms with Crippen molar-refractivity contribution >= 4 is 0 Å². The standard InChI is InChI=1S/C17H36O/c1-9-17(10-2,14-18-16(6,7)8)13-11-12-15(3,4)5/h9-14H2,1-8H3. The highest BCUT2D eigenvalue weighted by molar-refractivity contribution is 4.79. The maximum atomic E-state index is 6.06. The van der Waals surface area contributed by atoms with Gasteiger partial charge in [-0.1, -0.05) is 41.0 Å². The SMILES string of the molecule is CCC(CC)(CCCC(C)(C)C)COC(C)(C)C. The van der Waals surface area contributed by atoms with E-state index in [1.54, 1.807) is 0 Å². The minimum Gasteiger partial charge on any atom is -0.375 e. The van der Waals surface area contributed by atoms with Crippen LogP contribution in [-0.2, 0) is 4.74 Å². The highest BCUT2D eigenvalue weighted by atomic mass is 16.5. The fourth-order valence-electron chi connectivity index (χ4n) is 2.24. The molecule has 0 aliphatic heterocycles. The lowest BCUT2D eigenvalue weighted by Gasteiger charge is -2.35. The molecule has 110 valence electrons. The molecule has 18 heavy (non-hydrogen) atoms. The molecule has 0 aliphatic carbocycles. The van der Waals surface area contributed by atoms with E-state index >= 15 is 0 Å². The molecule has 0 unspecified atom stereocenters. The molecule has 0 saturated carbocycles. The molecule has 0 bridgehead atoms. The summed E-state index contributed by atoms with van der Waals surface area (Å²) >= 11 is 0. The number of hydrogen-bond acceptors (Lipinski definition) is 1. The molecule has 0 fully saturated rings. The van der Waals surface area contributed by atoms with Crippen LogP contribution in [0.25, 0.3) is 0 Å². The molecule has 0 amide bonds. The quantitative estimate of drug-likeness (QED) is 0.557. The number of ether oxygens (including phenoxy) is 1. The summed E-state index contributed by atoms with van der Waals surface area (Å²) in [5.41, 5.74) is 0.830. The van der Waals surface area contributed by atoms with E-state index in [4.69, 9.17) is 4.74 Å². The maximum Gasteiger partial charge on any atom is 0.0598 e. The summed E-state index contributed by atoms with van der Waals surface area (Å²) in [6.45, 7) is 19.0. The summed E-state index contributed by atoms with van der Waals surface area (Å²) in [7, 11) is 0. The lowest BCUT2D eigenvalue weighted by atomic mass is 9.76. The smallest absolute Gasteiger partial charge is 0.0598 e. The van der Waals surface area contributed by atoms with Gasteiger partial charge in [-0.25, -0.2) is 0 Å². The summed E-state index contributed by atoms with van der Waals surface area (Å²) in [4.78, 5) is 0. The normalized spacial score (nSPS) is 14.0. The molecule has 0 saturated heterocycles. The van der Waals surface area contributed by atoms with Crippen molar-refractivity contribution < 1.29 is 4.74 Å². The molecular formula is C17H36O. The Morgan fingerprint density at radius 3 is 1.61 bits per heavy atom. The van der Waals surface area contributed by atoms with Crippen LogP contribution >= 0.6 is 0 Å². The first-order valence-corrected chi connectivity index (χ1v) is 7.67. The Morgan fingerprint density at radius 1 is 0.778 bits per heavy atom. The Bertz CT molecular complexity index is 213. The molecule has 0 aromatic rings. The van der Waals surface area contributed by atoms with Crippen LogP contribution in [0.5, 0.6) is 0 Å². The molecule has 1 heteroatoms. The van der Waals surface area contributed by atoms with E-state index in [1.807, 2.05) is 0 Å². The zero-order valence-corrected chi connectivity index (χ0v) is 14.2. The topological polar surface area (TPSA) is 9.23 Å². The fourth-order valence-corrected chi connectivity index (χ4v) is 2.24. The van der Waals surface area contributed by atoms with Gasteiger partial charge in [-0.15, -0.1) is 0 Å². The predicted octanol–water partition coefficient (Wildman–Crippen LogP) is 5.82. The summed E-state index contributed by atoms with van der Waals surface area (Å²) in [6, 6.07) is 0. The van der Waals surface area contributed by atoms with Crippen LogP contribution in [0.1, 0.15) is 87.5 Å². The second-order valence-electron chi connectivity index (χ2n) is 8.02. The van der Waals surface area contributed by atoms with Gasteiger partial charge in [0.1, 0.15) is 0 Å². The molecule has 0 heterocycles. The van der Waals surface area contributed by atoms with Gasteiger partial charge in [0.05, 0.1) is 12.2 Å². The van der Waals surface area contributed by atoms with Gasteiger partial charge in [0.25, 0.3) is 0 Å². The molecular weight excluding hydrogens is 220 g/mol. The van der Waals surface area contributed by atoms with Gasteiger partial charge in [0, 0.05) is 0 Å². The van der Waals surface area contributed by atoms with Gasteiger partial charge in [0.2, 0.25) is 0 Å². The molecule has 0 aromatic carbocycles. The van der Waals surface area contributed by atoms with Gasteiger partial charge in [-0.05, 0) is 57.3 Å². The average Bonchev–Trinajstić information content (AvgIpc) is 2.20. The first-order valence-electron chi connectivity index (χ1n) is 7.67. The number of hydrogen-bond donors (Lipinski definition) is 0. The first kappa shape index (κ1) is 18.0. The van der Waals surface area contributed by atoms with E-state index in [2.05, 4.69) is 55.4 Å². The van der Waals surface area contributed by atoms with Crippen LogP contribution < -0.4 is 0 Å². The minimum atomic E-state index is -0.0143. The summed E-state index contributed by atoms with van der Waals surface area (Å²) < 4.78 is 6.06. The third kappa shape index (κ3) is 8.13. The Hall–Kier alpha value is -0.0400. The molecule has 0 aliphatic rings. The Balaban J connectivity index is 4.34. The van der Waals surface area contributed by atoms with Crippen LogP contribution in [-0.4, -0.2) is 12.2 Å². The number of rotatable bonds is 7. The van der Waals surface area contributed by atoms with Gasteiger partial charge < -0.3 is 4.74 Å². The molecule has 0 aromatic heterocycles. The van der Waals surface area contributed by atoms with Crippen molar-refractivity contribution in [3.63, 3.8) is 0 Å². The van der Waals surface area contributed by atoms with Crippen LogP contribution in [0.15, 0.2) is 0 Å². The van der Waals surface area contributed by atoms with Gasteiger partial charge in [0.15, 0.2) is 0 Å². The van der Waals surface area contributed by atoms with E-state index in [1.165, 1.54) is 32.1 Å². The van der Waals surface area contributed by atoms with E-state index in [0.717, 1.165) is 6.61 Å². The second-order valence-corrected chi connectivity index (χ2v) is 8.02. The highest BCUT2D eigenvalue weighted by Gasteiger charge is 2.28. The molecule has 0 radical (unpaired) electrons. The van der Waals surface area contributed by atoms with Crippen molar-refractivity contribution in [1.82, 2.24) is 0 Å². The first-order chi connectivity index (χ1) is 8.04. The van der Waals surface area contributed by atoms with Crippen LogP contribution in [0.2, 0.25) is 0 Å². The molecule has 0 N–H and O–H groups in total. The zero-order valence-electron chi connectivity index (χ0n) is 14.2. The molecule has 0 spiro atoms. The van der Waals surface area contributed by atoms with E-state index in [-0.39, 0.29) is 5.60 Å². The monoisotopic (exact) mass is 256 g/mol. The molecule has 0 atom stereocenters. The van der Waals surface area contributed by atoms with Crippen molar-refractivity contribution in [3.8, 4) is 0 Å². The van der Waals surface area contributed by atoms with Gasteiger partial charge in [-0.3, -0.25) is 0 Å². The van der Waals surface area contributed by atoms with E-state index in [9.17, 15) is 0 Å². The lowest BCUT2D eigenvalue weighted by molar-refractivity contribution is -0.0589. The molecule has 0 rings (SSSR count). The van der Waals surface area contributed by atoms with Crippen molar-refractivity contribution in [3.05, 3.63) is 0 Å². The Morgan fingerprint density at radius 2 is 1.28 bits per heavy atom. The predicted molar refractivity (Wildman–Crippen MR) is 82.0 cm³/mol.